The highest BCUT2D eigenvalue weighted by Crippen LogP contribution is 2.26. The Morgan fingerprint density at radius 3 is 2.92 bits per heavy atom. The van der Waals surface area contributed by atoms with Gasteiger partial charge in [0.2, 0.25) is 5.88 Å². The average molecular weight is 178 g/mol. The van der Waals surface area contributed by atoms with Crippen molar-refractivity contribution in [3.05, 3.63) is 17.1 Å². The van der Waals surface area contributed by atoms with Gasteiger partial charge in [0.05, 0.1) is 12.8 Å². The number of hydrogen-bond donors (Lipinski definition) is 0. The molecule has 13 heavy (non-hydrogen) atoms. The highest BCUT2D eigenvalue weighted by atomic mass is 16.5. The molecule has 0 amide bonds. The van der Waals surface area contributed by atoms with Crippen molar-refractivity contribution in [1.82, 2.24) is 9.97 Å². The number of methoxy groups -OCH3 is 1. The Kier molecular flexibility index (Phi) is 1.96. The molecule has 4 heteroatoms. The monoisotopic (exact) mass is 178 g/mol. The molecule has 0 radical (unpaired) electrons. The first-order valence-electron chi connectivity index (χ1n) is 4.24. The predicted molar refractivity (Wildman–Crippen MR) is 46.0 cm³/mol. The van der Waals surface area contributed by atoms with Crippen molar-refractivity contribution in [2.45, 2.75) is 19.3 Å². The Morgan fingerprint density at radius 1 is 1.38 bits per heavy atom. The van der Waals surface area contributed by atoms with Crippen molar-refractivity contribution in [2.75, 3.05) is 7.11 Å². The van der Waals surface area contributed by atoms with Gasteiger partial charge in [-0.3, -0.25) is 4.79 Å². The van der Waals surface area contributed by atoms with E-state index in [-0.39, 0.29) is 5.82 Å². The fourth-order valence-electron chi connectivity index (χ4n) is 1.64. The van der Waals surface area contributed by atoms with Crippen molar-refractivity contribution in [3.63, 3.8) is 0 Å². The second-order valence-corrected chi connectivity index (χ2v) is 2.99. The molecule has 1 heterocycles. The molecule has 1 aromatic heterocycles. The summed E-state index contributed by atoms with van der Waals surface area (Å²) in [5.74, 6) is 0.780. The number of aryl methyl sites for hydroxylation is 1. The van der Waals surface area contributed by atoms with Crippen LogP contribution in [0.2, 0.25) is 0 Å². The van der Waals surface area contributed by atoms with Crippen molar-refractivity contribution in [1.29, 1.82) is 0 Å². The van der Waals surface area contributed by atoms with Crippen LogP contribution in [-0.2, 0) is 12.8 Å². The third-order valence-corrected chi connectivity index (χ3v) is 2.21. The first-order valence-corrected chi connectivity index (χ1v) is 4.24. The molecule has 0 aromatic carbocycles. The molecule has 1 aliphatic carbocycles. The summed E-state index contributed by atoms with van der Waals surface area (Å²) < 4.78 is 5.09. The molecular formula is C9H10N2O2. The van der Waals surface area contributed by atoms with Crippen LogP contribution in [0.25, 0.3) is 0 Å². The molecule has 0 spiro atoms. The third-order valence-electron chi connectivity index (χ3n) is 2.21. The van der Waals surface area contributed by atoms with Gasteiger partial charge in [-0.15, -0.1) is 0 Å². The second kappa shape index (κ2) is 3.12. The van der Waals surface area contributed by atoms with Gasteiger partial charge in [0.25, 0.3) is 0 Å². The van der Waals surface area contributed by atoms with E-state index in [0.29, 0.717) is 12.2 Å². The van der Waals surface area contributed by atoms with Crippen LogP contribution in [0.4, 0.5) is 0 Å². The quantitative estimate of drug-likeness (QED) is 0.628. The minimum absolute atomic E-state index is 0.220. The van der Waals surface area contributed by atoms with Crippen LogP contribution >= 0.6 is 0 Å². The molecule has 0 fully saturated rings. The fourth-order valence-corrected chi connectivity index (χ4v) is 1.64. The maximum atomic E-state index is 10.5. The van der Waals surface area contributed by atoms with E-state index in [1.165, 1.54) is 0 Å². The molecule has 0 N–H and O–H groups in total. The molecular weight excluding hydrogens is 168 g/mol. The van der Waals surface area contributed by atoms with Crippen LogP contribution in [0.5, 0.6) is 5.88 Å². The number of rotatable bonds is 2. The van der Waals surface area contributed by atoms with Crippen LogP contribution in [-0.4, -0.2) is 23.4 Å². The topological polar surface area (TPSA) is 52.1 Å². The number of nitrogens with zero attached hydrogens (tertiary/aromatic N) is 2. The molecule has 1 aromatic rings. The highest BCUT2D eigenvalue weighted by molar-refractivity contribution is 5.69. The predicted octanol–water partition coefficient (Wildman–Crippen LogP) is 0.786. The zero-order chi connectivity index (χ0) is 9.26. The number of carbonyl (C=O) groups excluding carboxylic acids is 1. The average Bonchev–Trinajstić information content (AvgIpc) is 2.63. The number of aromatic nitrogens is 2. The van der Waals surface area contributed by atoms with E-state index >= 15 is 0 Å². The Hall–Kier alpha value is -1.45. The summed E-state index contributed by atoms with van der Waals surface area (Å²) in [6.07, 6.45) is 3.61. The second-order valence-electron chi connectivity index (χ2n) is 2.99. The van der Waals surface area contributed by atoms with Gasteiger partial charge >= 0.3 is 0 Å². The molecule has 0 unspecified atom stereocenters. The van der Waals surface area contributed by atoms with Gasteiger partial charge in [-0.25, -0.2) is 4.98 Å². The van der Waals surface area contributed by atoms with Crippen LogP contribution in [0.1, 0.15) is 28.3 Å². The number of aldehydes is 1. The van der Waals surface area contributed by atoms with E-state index in [9.17, 15) is 4.79 Å². The molecule has 68 valence electrons. The lowest BCUT2D eigenvalue weighted by atomic mass is 10.2. The molecule has 2 rings (SSSR count). The Bertz CT molecular complexity index is 350. The Morgan fingerprint density at radius 2 is 2.23 bits per heavy atom. The van der Waals surface area contributed by atoms with E-state index in [1.54, 1.807) is 7.11 Å². The maximum absolute atomic E-state index is 10.5. The van der Waals surface area contributed by atoms with E-state index in [2.05, 4.69) is 9.97 Å². The van der Waals surface area contributed by atoms with Gasteiger partial charge in [0.15, 0.2) is 12.1 Å². The minimum Gasteiger partial charge on any atom is -0.481 e. The largest absolute Gasteiger partial charge is 0.481 e. The van der Waals surface area contributed by atoms with Crippen molar-refractivity contribution >= 4 is 6.29 Å². The number of carbonyl (C=O) groups is 1. The standard InChI is InChI=1S/C9H10N2O2/c1-13-9-6-3-2-4-7(6)10-8(5-12)11-9/h5H,2-4H2,1H3. The van der Waals surface area contributed by atoms with Gasteiger partial charge in [-0.1, -0.05) is 0 Å². The molecule has 4 nitrogen and oxygen atoms in total. The number of hydrogen-bond acceptors (Lipinski definition) is 4. The molecule has 0 atom stereocenters. The van der Waals surface area contributed by atoms with Gasteiger partial charge in [-0.2, -0.15) is 4.98 Å². The molecule has 0 saturated heterocycles. The van der Waals surface area contributed by atoms with E-state index in [0.717, 1.165) is 30.5 Å². The van der Waals surface area contributed by atoms with Crippen molar-refractivity contribution in [2.24, 2.45) is 0 Å². The summed E-state index contributed by atoms with van der Waals surface area (Å²) >= 11 is 0. The van der Waals surface area contributed by atoms with Crippen LogP contribution < -0.4 is 4.74 Å². The van der Waals surface area contributed by atoms with E-state index < -0.39 is 0 Å². The molecule has 0 aliphatic heterocycles. The first kappa shape index (κ1) is 8.16. The zero-order valence-corrected chi connectivity index (χ0v) is 7.41. The van der Waals surface area contributed by atoms with Crippen LogP contribution in [0.15, 0.2) is 0 Å². The highest BCUT2D eigenvalue weighted by Gasteiger charge is 2.19. The number of ether oxygens (including phenoxy) is 1. The van der Waals surface area contributed by atoms with Gasteiger partial charge < -0.3 is 4.74 Å². The van der Waals surface area contributed by atoms with Gasteiger partial charge in [0.1, 0.15) is 0 Å². The van der Waals surface area contributed by atoms with Crippen molar-refractivity contribution < 1.29 is 9.53 Å². The summed E-state index contributed by atoms with van der Waals surface area (Å²) in [5, 5.41) is 0. The summed E-state index contributed by atoms with van der Waals surface area (Å²) in [5.41, 5.74) is 2.03. The fraction of sp³-hybridized carbons (Fsp3) is 0.444. The SMILES string of the molecule is COc1nc(C=O)nc2c1CCC2. The summed E-state index contributed by atoms with van der Waals surface area (Å²) in [7, 11) is 1.56. The Balaban J connectivity index is 2.55. The number of fused-ring (bicyclic) bond motifs is 1. The summed E-state index contributed by atoms with van der Waals surface area (Å²) in [6, 6.07) is 0. The van der Waals surface area contributed by atoms with Crippen LogP contribution in [0, 0.1) is 0 Å². The summed E-state index contributed by atoms with van der Waals surface area (Å²) in [6.45, 7) is 0. The lowest BCUT2D eigenvalue weighted by Crippen LogP contribution is -2.02. The van der Waals surface area contributed by atoms with E-state index in [1.807, 2.05) is 0 Å². The smallest absolute Gasteiger partial charge is 0.220 e. The normalized spacial score (nSPS) is 13.9. The summed E-state index contributed by atoms with van der Waals surface area (Å²) in [4.78, 5) is 18.6. The molecule has 1 aliphatic rings. The molecule has 0 saturated carbocycles. The first-order chi connectivity index (χ1) is 6.35. The minimum atomic E-state index is 0.220. The maximum Gasteiger partial charge on any atom is 0.220 e. The lowest BCUT2D eigenvalue weighted by Gasteiger charge is -2.05. The Labute approximate surface area is 76.0 Å². The lowest BCUT2D eigenvalue weighted by molar-refractivity contribution is 0.111. The third kappa shape index (κ3) is 1.28. The van der Waals surface area contributed by atoms with Gasteiger partial charge in [-0.05, 0) is 19.3 Å². The molecule has 0 bridgehead atoms. The van der Waals surface area contributed by atoms with Gasteiger partial charge in [0, 0.05) is 5.56 Å². The zero-order valence-electron chi connectivity index (χ0n) is 7.41. The van der Waals surface area contributed by atoms with E-state index in [4.69, 9.17) is 4.74 Å². The van der Waals surface area contributed by atoms with Crippen LogP contribution in [0.3, 0.4) is 0 Å². The van der Waals surface area contributed by atoms with Crippen molar-refractivity contribution in [3.8, 4) is 5.88 Å².